The zero-order valence-electron chi connectivity index (χ0n) is 23.5. The number of nitrogens with two attached hydrogens (primary N) is 1. The zero-order chi connectivity index (χ0) is 30.2. The number of carbonyl (C=O) groups is 1. The first-order valence-corrected chi connectivity index (χ1v) is 14.0. The van der Waals surface area contributed by atoms with E-state index in [0.29, 0.717) is 44.7 Å². The van der Waals surface area contributed by atoms with Gasteiger partial charge in [-0.15, -0.1) is 0 Å². The molecule has 220 valence electrons. The van der Waals surface area contributed by atoms with E-state index < -0.39 is 17.9 Å². The second-order valence-corrected chi connectivity index (χ2v) is 11.2. The largest absolute Gasteiger partial charge is 0.324 e. The molecule has 1 saturated heterocycles. The highest BCUT2D eigenvalue weighted by molar-refractivity contribution is 6.31. The molecule has 0 spiro atoms. The van der Waals surface area contributed by atoms with Crippen molar-refractivity contribution in [1.82, 2.24) is 25.1 Å². The number of fused-ring (bicyclic) bond motifs is 3. The summed E-state index contributed by atoms with van der Waals surface area (Å²) >= 11 is 6.31. The van der Waals surface area contributed by atoms with Crippen molar-refractivity contribution in [2.75, 3.05) is 32.5 Å². The number of halogens is 3. The fourth-order valence-corrected chi connectivity index (χ4v) is 5.31. The molecule has 1 unspecified atom stereocenters. The van der Waals surface area contributed by atoms with Crippen molar-refractivity contribution in [1.29, 1.82) is 0 Å². The van der Waals surface area contributed by atoms with Gasteiger partial charge in [0.25, 0.3) is 5.91 Å². The highest BCUT2D eigenvalue weighted by Crippen LogP contribution is 2.34. The summed E-state index contributed by atoms with van der Waals surface area (Å²) in [5.74, 6) is -1.49. The summed E-state index contributed by atoms with van der Waals surface area (Å²) < 4.78 is 29.7. The Morgan fingerprint density at radius 2 is 1.81 bits per heavy atom. The molecule has 3 aromatic carbocycles. The first-order chi connectivity index (χ1) is 20.7. The summed E-state index contributed by atoms with van der Waals surface area (Å²) in [6.45, 7) is 1.67. The monoisotopic (exact) mass is 602 g/mol. The summed E-state index contributed by atoms with van der Waals surface area (Å²) in [5, 5.41) is 6.39. The second-order valence-electron chi connectivity index (χ2n) is 10.7. The number of likely N-dealkylation sites (N-methyl/N-ethyl adjacent to an activating group) is 1. The van der Waals surface area contributed by atoms with Crippen LogP contribution in [0.5, 0.6) is 0 Å². The van der Waals surface area contributed by atoms with Crippen molar-refractivity contribution in [3.63, 3.8) is 0 Å². The number of rotatable bonds is 7. The summed E-state index contributed by atoms with van der Waals surface area (Å²) in [7, 11) is 4.04. The lowest BCUT2D eigenvalue weighted by molar-refractivity contribution is 0.0170. The lowest BCUT2D eigenvalue weighted by Crippen LogP contribution is -2.67. The number of benzene rings is 3. The molecule has 4 N–H and O–H groups in total. The molecule has 4 aromatic rings. The van der Waals surface area contributed by atoms with Gasteiger partial charge < -0.3 is 15.5 Å². The van der Waals surface area contributed by atoms with Gasteiger partial charge in [-0.3, -0.25) is 20.4 Å². The van der Waals surface area contributed by atoms with Gasteiger partial charge in [0.15, 0.2) is 0 Å². The quantitative estimate of drug-likeness (QED) is 0.269. The molecule has 2 aliphatic rings. The van der Waals surface area contributed by atoms with E-state index in [0.717, 1.165) is 13.1 Å². The number of carbonyl (C=O) groups excluding carboxylic acids is 1. The van der Waals surface area contributed by atoms with Crippen LogP contribution in [0, 0.1) is 11.6 Å². The van der Waals surface area contributed by atoms with E-state index in [9.17, 15) is 13.6 Å². The normalized spacial score (nSPS) is 15.6. The van der Waals surface area contributed by atoms with Crippen LogP contribution in [0.4, 0.5) is 20.4 Å². The van der Waals surface area contributed by atoms with Crippen molar-refractivity contribution < 1.29 is 13.6 Å². The van der Waals surface area contributed by atoms with Crippen LogP contribution in [0.15, 0.2) is 71.9 Å². The van der Waals surface area contributed by atoms with E-state index in [1.807, 2.05) is 19.0 Å². The van der Waals surface area contributed by atoms with Crippen molar-refractivity contribution in [3.8, 4) is 11.3 Å². The van der Waals surface area contributed by atoms with Gasteiger partial charge in [0, 0.05) is 58.3 Å². The molecule has 6 rings (SSSR count). The van der Waals surface area contributed by atoms with Crippen molar-refractivity contribution >= 4 is 34.9 Å². The predicted molar refractivity (Wildman–Crippen MR) is 162 cm³/mol. The van der Waals surface area contributed by atoms with E-state index in [1.54, 1.807) is 48.7 Å². The minimum atomic E-state index is -0.725. The van der Waals surface area contributed by atoms with E-state index in [4.69, 9.17) is 22.3 Å². The first-order valence-electron chi connectivity index (χ1n) is 13.7. The fraction of sp³-hybridized carbons (Fsp3) is 0.226. The Kier molecular flexibility index (Phi) is 7.89. The molecule has 2 aliphatic heterocycles. The number of hydrogen-bond donors (Lipinski definition) is 3. The summed E-state index contributed by atoms with van der Waals surface area (Å²) in [5.41, 5.74) is 9.42. The van der Waals surface area contributed by atoms with Gasteiger partial charge in [-0.25, -0.2) is 18.7 Å². The third-order valence-electron chi connectivity index (χ3n) is 7.64. The van der Waals surface area contributed by atoms with Gasteiger partial charge in [-0.05, 0) is 56.6 Å². The van der Waals surface area contributed by atoms with Crippen LogP contribution < -0.4 is 16.4 Å². The molecule has 1 atom stereocenters. The molecule has 0 radical (unpaired) electrons. The molecule has 9 nitrogen and oxygen atoms in total. The smallest absolute Gasteiger partial charge is 0.253 e. The maximum absolute atomic E-state index is 14.8. The lowest BCUT2D eigenvalue weighted by Gasteiger charge is -2.45. The Morgan fingerprint density at radius 3 is 2.56 bits per heavy atom. The van der Waals surface area contributed by atoms with Crippen LogP contribution in [0.2, 0.25) is 5.02 Å². The number of anilines is 2. The van der Waals surface area contributed by atoms with Crippen LogP contribution >= 0.6 is 11.6 Å². The highest BCUT2D eigenvalue weighted by Gasteiger charge is 2.32. The Hall–Kier alpha value is -4.29. The molecule has 0 aliphatic carbocycles. The van der Waals surface area contributed by atoms with E-state index in [2.05, 4.69) is 25.5 Å². The van der Waals surface area contributed by atoms with Crippen LogP contribution in [0.3, 0.4) is 0 Å². The van der Waals surface area contributed by atoms with Crippen molar-refractivity contribution in [2.24, 2.45) is 10.7 Å². The van der Waals surface area contributed by atoms with Gasteiger partial charge >= 0.3 is 0 Å². The Balaban J connectivity index is 1.25. The Bertz CT molecular complexity index is 1720. The molecule has 1 aromatic heterocycles. The third-order valence-corrected chi connectivity index (χ3v) is 7.87. The SMILES string of the molecule is CN(C)C1CN(C(N)NC(=O)c2cccc(Nc3ncc4c(n3)-c3ccc(Cl)cc3C(c3c(F)cccc3F)=NC4)c2)C1. The van der Waals surface area contributed by atoms with Crippen molar-refractivity contribution in [2.45, 2.75) is 18.9 Å². The van der Waals surface area contributed by atoms with Gasteiger partial charge in [0.1, 0.15) is 17.9 Å². The number of aliphatic imine (C=N–C) groups is 1. The number of hydrogen-bond acceptors (Lipinski definition) is 8. The molecule has 43 heavy (non-hydrogen) atoms. The lowest BCUT2D eigenvalue weighted by atomic mass is 9.95. The minimum Gasteiger partial charge on any atom is -0.324 e. The van der Waals surface area contributed by atoms with Gasteiger partial charge in [0.05, 0.1) is 23.5 Å². The molecule has 0 bridgehead atoms. The minimum absolute atomic E-state index is 0.104. The predicted octanol–water partition coefficient (Wildman–Crippen LogP) is 4.39. The standard InChI is InChI=1S/C31H29ClF2N8O/c1-41(2)21-15-42(16-21)30(35)40-29(43)17-5-3-6-20(11-17)38-31-37-14-18-13-36-28(26-24(33)7-4-8-25(26)34)23-12-19(32)9-10-22(23)27(18)39-31/h3-12,14,21,30H,13,15-16,35H2,1-2H3,(H,40,43)(H,37,38,39). The van der Waals surface area contributed by atoms with Gasteiger partial charge in [-0.1, -0.05) is 29.8 Å². The molecule has 3 heterocycles. The molecule has 1 amide bonds. The van der Waals surface area contributed by atoms with Crippen LogP contribution in [0.1, 0.15) is 27.0 Å². The van der Waals surface area contributed by atoms with E-state index >= 15 is 0 Å². The van der Waals surface area contributed by atoms with Gasteiger partial charge in [0.2, 0.25) is 5.95 Å². The average Bonchev–Trinajstić information content (AvgIpc) is 3.08. The highest BCUT2D eigenvalue weighted by atomic mass is 35.5. The van der Waals surface area contributed by atoms with Gasteiger partial charge in [-0.2, -0.15) is 0 Å². The summed E-state index contributed by atoms with van der Waals surface area (Å²) in [6.07, 6.45) is 1.03. The number of amides is 1. The maximum Gasteiger partial charge on any atom is 0.253 e. The molecule has 12 heteroatoms. The van der Waals surface area contributed by atoms with E-state index in [1.165, 1.54) is 18.2 Å². The first kappa shape index (κ1) is 28.8. The van der Waals surface area contributed by atoms with E-state index in [-0.39, 0.29) is 29.7 Å². The maximum atomic E-state index is 14.8. The molecular weight excluding hydrogens is 574 g/mol. The molecular formula is C31H29ClF2N8O. The average molecular weight is 603 g/mol. The second kappa shape index (κ2) is 11.8. The zero-order valence-corrected chi connectivity index (χ0v) is 24.2. The number of nitrogens with zero attached hydrogens (tertiary/aromatic N) is 5. The third kappa shape index (κ3) is 5.84. The van der Waals surface area contributed by atoms with Crippen molar-refractivity contribution in [3.05, 3.63) is 106 Å². The Labute approximate surface area is 252 Å². The number of likely N-dealkylation sites (tertiary alicyclic amines) is 1. The topological polar surface area (TPSA) is 112 Å². The van der Waals surface area contributed by atoms with Crippen LogP contribution in [-0.4, -0.2) is 70.9 Å². The summed E-state index contributed by atoms with van der Waals surface area (Å²) in [4.78, 5) is 30.8. The fourth-order valence-electron chi connectivity index (χ4n) is 5.14. The number of aromatic nitrogens is 2. The molecule has 0 saturated carbocycles. The van der Waals surface area contributed by atoms with Crippen LogP contribution in [0.25, 0.3) is 11.3 Å². The van der Waals surface area contributed by atoms with Crippen LogP contribution in [-0.2, 0) is 6.54 Å². The Morgan fingerprint density at radius 1 is 1.07 bits per heavy atom. The number of nitrogens with one attached hydrogen (secondary N) is 2. The summed E-state index contributed by atoms with van der Waals surface area (Å²) in [6, 6.07) is 16.1. The molecule has 1 fully saturated rings.